The number of hydrogen-bond donors (Lipinski definition) is 1. The van der Waals surface area contributed by atoms with Gasteiger partial charge in [-0.25, -0.2) is 0 Å². The smallest absolute Gasteiger partial charge is 0.231 e. The number of nitrogens with zero attached hydrogens (tertiary/aromatic N) is 1. The Bertz CT molecular complexity index is 469. The number of halogens is 1. The van der Waals surface area contributed by atoms with Crippen LogP contribution in [0.1, 0.15) is 18.4 Å². The molecule has 2 atom stereocenters. The molecule has 2 aliphatic heterocycles. The number of hydrogen-bond acceptors (Lipinski definition) is 3. The molecule has 0 radical (unpaired) electrons. The Kier molecular flexibility index (Phi) is 4.76. The lowest BCUT2D eigenvalue weighted by Crippen LogP contribution is -2.52. The summed E-state index contributed by atoms with van der Waals surface area (Å²) >= 11 is 1.81. The molecule has 0 spiro atoms. The summed E-state index contributed by atoms with van der Waals surface area (Å²) in [5.74, 6) is 1.27. The molecule has 0 saturated carbocycles. The third kappa shape index (κ3) is 2.91. The fourth-order valence-corrected chi connectivity index (χ4v) is 3.94. The predicted molar refractivity (Wildman–Crippen MR) is 81.2 cm³/mol. The summed E-state index contributed by atoms with van der Waals surface area (Å²) in [6.07, 6.45) is 0. The predicted octanol–water partition coefficient (Wildman–Crippen LogP) is 2.12. The summed E-state index contributed by atoms with van der Waals surface area (Å²) in [5, 5.41) is 3.38. The fourth-order valence-electron chi connectivity index (χ4n) is 2.72. The number of thioether (sulfide) groups is 1. The van der Waals surface area contributed by atoms with Crippen LogP contribution in [0.4, 0.5) is 0 Å². The molecule has 2 heterocycles. The van der Waals surface area contributed by atoms with E-state index in [9.17, 15) is 4.79 Å². The highest BCUT2D eigenvalue weighted by molar-refractivity contribution is 7.99. The van der Waals surface area contributed by atoms with Crippen LogP contribution in [0.2, 0.25) is 0 Å². The monoisotopic (exact) mass is 298 g/mol. The van der Waals surface area contributed by atoms with Crippen LogP contribution in [-0.2, 0) is 4.79 Å². The van der Waals surface area contributed by atoms with E-state index in [1.54, 1.807) is 11.8 Å². The minimum Gasteiger partial charge on any atom is -0.339 e. The molecule has 0 aromatic heterocycles. The largest absolute Gasteiger partial charge is 0.339 e. The third-order valence-electron chi connectivity index (χ3n) is 3.68. The van der Waals surface area contributed by atoms with Gasteiger partial charge in [-0.1, -0.05) is 18.2 Å². The van der Waals surface area contributed by atoms with Crippen LogP contribution >= 0.6 is 24.2 Å². The molecule has 1 saturated heterocycles. The second-order valence-electron chi connectivity index (χ2n) is 5.04. The maximum Gasteiger partial charge on any atom is 0.231 e. The molecule has 1 N–H and O–H groups in total. The summed E-state index contributed by atoms with van der Waals surface area (Å²) in [7, 11) is 0. The zero-order chi connectivity index (χ0) is 12.5. The molecule has 1 amide bonds. The molecule has 5 heteroatoms. The average molecular weight is 299 g/mol. The normalized spacial score (nSPS) is 25.6. The second kappa shape index (κ2) is 6.16. The van der Waals surface area contributed by atoms with Crippen molar-refractivity contribution >= 4 is 30.1 Å². The van der Waals surface area contributed by atoms with Gasteiger partial charge in [0.25, 0.3) is 0 Å². The Balaban J connectivity index is 0.00000133. The van der Waals surface area contributed by atoms with Crippen LogP contribution in [0.3, 0.4) is 0 Å². The van der Waals surface area contributed by atoms with Crippen molar-refractivity contribution in [2.75, 3.05) is 25.4 Å². The lowest BCUT2D eigenvalue weighted by molar-refractivity contribution is -0.133. The van der Waals surface area contributed by atoms with Crippen molar-refractivity contribution in [3.63, 3.8) is 0 Å². The number of amides is 1. The number of carbonyl (C=O) groups excluding carboxylic acids is 1. The first-order valence-electron chi connectivity index (χ1n) is 6.49. The minimum absolute atomic E-state index is 0. The molecule has 3 nitrogen and oxygen atoms in total. The molecule has 0 bridgehead atoms. The number of carbonyl (C=O) groups is 1. The minimum atomic E-state index is 0. The second-order valence-corrected chi connectivity index (χ2v) is 6.10. The number of rotatable bonds is 1. The van der Waals surface area contributed by atoms with Gasteiger partial charge in [0.05, 0.1) is 5.92 Å². The standard InChI is InChI=1S/C14H18N2OS.ClH/c1-10-8-16(7-6-15-10)14(17)12-9-18-13-5-3-2-4-11(12)13;/h2-5,10,12,15H,6-9H2,1H3;1H. The van der Waals surface area contributed by atoms with Gasteiger partial charge in [0, 0.05) is 36.3 Å². The van der Waals surface area contributed by atoms with Crippen molar-refractivity contribution in [2.24, 2.45) is 0 Å². The van der Waals surface area contributed by atoms with Crippen LogP contribution in [0, 0.1) is 0 Å². The van der Waals surface area contributed by atoms with Crippen LogP contribution in [0.25, 0.3) is 0 Å². The highest BCUT2D eigenvalue weighted by atomic mass is 35.5. The van der Waals surface area contributed by atoms with Gasteiger partial charge in [-0.3, -0.25) is 4.79 Å². The summed E-state index contributed by atoms with van der Waals surface area (Å²) in [4.78, 5) is 15.9. The summed E-state index contributed by atoms with van der Waals surface area (Å²) < 4.78 is 0. The van der Waals surface area contributed by atoms with Crippen molar-refractivity contribution in [1.29, 1.82) is 0 Å². The molecular weight excluding hydrogens is 280 g/mol. The maximum absolute atomic E-state index is 12.6. The first-order chi connectivity index (χ1) is 8.75. The van der Waals surface area contributed by atoms with Crippen LogP contribution in [0.15, 0.2) is 29.2 Å². The van der Waals surface area contributed by atoms with Gasteiger partial charge < -0.3 is 10.2 Å². The van der Waals surface area contributed by atoms with E-state index in [4.69, 9.17) is 0 Å². The first-order valence-corrected chi connectivity index (χ1v) is 7.48. The summed E-state index contributed by atoms with van der Waals surface area (Å²) in [5.41, 5.74) is 1.22. The number of benzene rings is 1. The van der Waals surface area contributed by atoms with E-state index >= 15 is 0 Å². The van der Waals surface area contributed by atoms with Crippen molar-refractivity contribution in [1.82, 2.24) is 10.2 Å². The number of nitrogens with one attached hydrogen (secondary N) is 1. The maximum atomic E-state index is 12.6. The molecule has 1 fully saturated rings. The number of fused-ring (bicyclic) bond motifs is 1. The molecule has 104 valence electrons. The van der Waals surface area contributed by atoms with Gasteiger partial charge in [-0.2, -0.15) is 0 Å². The van der Waals surface area contributed by atoms with E-state index in [1.807, 2.05) is 17.0 Å². The average Bonchev–Trinajstić information content (AvgIpc) is 2.82. The molecule has 2 aliphatic rings. The molecule has 0 aliphatic carbocycles. The van der Waals surface area contributed by atoms with E-state index in [1.165, 1.54) is 10.5 Å². The van der Waals surface area contributed by atoms with E-state index in [-0.39, 0.29) is 18.3 Å². The number of piperazine rings is 1. The highest BCUT2D eigenvalue weighted by Crippen LogP contribution is 2.40. The van der Waals surface area contributed by atoms with Gasteiger partial charge in [0.1, 0.15) is 0 Å². The molecule has 2 unspecified atom stereocenters. The topological polar surface area (TPSA) is 32.3 Å². The quantitative estimate of drug-likeness (QED) is 0.862. The van der Waals surface area contributed by atoms with E-state index in [0.717, 1.165) is 25.4 Å². The van der Waals surface area contributed by atoms with Crippen molar-refractivity contribution in [3.8, 4) is 0 Å². The van der Waals surface area contributed by atoms with Crippen LogP contribution in [-0.4, -0.2) is 42.2 Å². The molecule has 1 aromatic carbocycles. The van der Waals surface area contributed by atoms with E-state index in [2.05, 4.69) is 24.4 Å². The van der Waals surface area contributed by atoms with Gasteiger partial charge in [-0.15, -0.1) is 24.2 Å². The van der Waals surface area contributed by atoms with Gasteiger partial charge in [0.15, 0.2) is 0 Å². The zero-order valence-electron chi connectivity index (χ0n) is 11.0. The third-order valence-corrected chi connectivity index (χ3v) is 4.86. The van der Waals surface area contributed by atoms with Gasteiger partial charge in [-0.05, 0) is 18.6 Å². The SMILES string of the molecule is CC1CN(C(=O)C2CSc3ccccc32)CCN1.Cl. The summed E-state index contributed by atoms with van der Waals surface area (Å²) in [6.45, 7) is 4.72. The molecular formula is C14H19ClN2OS. The summed E-state index contributed by atoms with van der Waals surface area (Å²) in [6, 6.07) is 8.71. The lowest BCUT2D eigenvalue weighted by Gasteiger charge is -2.33. The Hall–Kier alpha value is -0.710. The van der Waals surface area contributed by atoms with E-state index in [0.29, 0.717) is 11.9 Å². The fraction of sp³-hybridized carbons (Fsp3) is 0.500. The molecule has 3 rings (SSSR count). The Labute approximate surface area is 124 Å². The lowest BCUT2D eigenvalue weighted by atomic mass is 9.99. The molecule has 1 aromatic rings. The van der Waals surface area contributed by atoms with Gasteiger partial charge >= 0.3 is 0 Å². The Morgan fingerprint density at radius 2 is 2.21 bits per heavy atom. The zero-order valence-corrected chi connectivity index (χ0v) is 12.6. The van der Waals surface area contributed by atoms with Crippen molar-refractivity contribution in [3.05, 3.63) is 29.8 Å². The Morgan fingerprint density at radius 3 is 3.00 bits per heavy atom. The van der Waals surface area contributed by atoms with Crippen molar-refractivity contribution < 1.29 is 4.79 Å². The van der Waals surface area contributed by atoms with E-state index < -0.39 is 0 Å². The van der Waals surface area contributed by atoms with Crippen LogP contribution in [0.5, 0.6) is 0 Å². The first kappa shape index (κ1) is 14.7. The van der Waals surface area contributed by atoms with Crippen LogP contribution < -0.4 is 5.32 Å². The Morgan fingerprint density at radius 1 is 1.42 bits per heavy atom. The van der Waals surface area contributed by atoms with Crippen molar-refractivity contribution in [2.45, 2.75) is 23.8 Å². The highest BCUT2D eigenvalue weighted by Gasteiger charge is 2.33. The van der Waals surface area contributed by atoms with Gasteiger partial charge in [0.2, 0.25) is 5.91 Å². The molecule has 19 heavy (non-hydrogen) atoms.